The molecule has 0 saturated heterocycles. The Morgan fingerprint density at radius 3 is 0.966 bits per heavy atom. The molecule has 2 nitrogen and oxygen atoms in total. The van der Waals surface area contributed by atoms with E-state index >= 15 is 0 Å². The monoisotopic (exact) mass is 466 g/mol. The largest absolute Gasteiger partial charge is 4.00 e. The van der Waals surface area contributed by atoms with Crippen LogP contribution in [-0.4, -0.2) is 0 Å². The summed E-state index contributed by atoms with van der Waals surface area (Å²) in [4.78, 5) is 0. The van der Waals surface area contributed by atoms with E-state index in [1.54, 1.807) is 12.4 Å². The summed E-state index contributed by atoms with van der Waals surface area (Å²) in [7, 11) is 0. The Balaban J connectivity index is 0.000000311. The van der Waals surface area contributed by atoms with E-state index in [1.165, 1.54) is 75.3 Å². The molecule has 0 heterocycles. The zero-order chi connectivity index (χ0) is 19.9. The van der Waals surface area contributed by atoms with Gasteiger partial charge in [-0.05, 0) is 13.8 Å². The van der Waals surface area contributed by atoms with Crippen LogP contribution >= 0.6 is 0 Å². The average Bonchev–Trinajstić information content (AvgIpc) is 3.46. The van der Waals surface area contributed by atoms with Gasteiger partial charge >= 0.3 is 26.2 Å². The standard InChI is InChI=1S/C16H16N2.2C5H10.Zr/c1-13-3-7-15(8-4-13)17-11-12-18-16-9-5-14(2)6-10-16;2*1-2-4-5-3-1;/h3-12H,1-2H3;2*1-5H2;/q-2;;;+4/b12-11-;;;. The molecule has 0 aromatic heterocycles. The molecule has 3 heteroatoms. The van der Waals surface area contributed by atoms with E-state index in [-0.39, 0.29) is 26.2 Å². The van der Waals surface area contributed by atoms with Gasteiger partial charge in [0.05, 0.1) is 0 Å². The van der Waals surface area contributed by atoms with Gasteiger partial charge in [-0.25, -0.2) is 0 Å². The van der Waals surface area contributed by atoms with Crippen LogP contribution in [0, 0.1) is 13.8 Å². The Morgan fingerprint density at radius 2 is 0.724 bits per heavy atom. The molecular formula is C26H36N2Zr+2. The molecule has 2 saturated carbocycles. The molecule has 2 aromatic rings. The van der Waals surface area contributed by atoms with Gasteiger partial charge < -0.3 is 10.6 Å². The van der Waals surface area contributed by atoms with Crippen molar-refractivity contribution in [3.8, 4) is 0 Å². The van der Waals surface area contributed by atoms with Crippen LogP contribution in [0.2, 0.25) is 0 Å². The van der Waals surface area contributed by atoms with Crippen molar-refractivity contribution in [2.24, 2.45) is 0 Å². The third-order valence-corrected chi connectivity index (χ3v) is 5.08. The smallest absolute Gasteiger partial charge is 0.666 e. The predicted octanol–water partition coefficient (Wildman–Crippen LogP) is 9.38. The Kier molecular flexibility index (Phi) is 14.6. The molecule has 0 bridgehead atoms. The minimum atomic E-state index is 0. The summed E-state index contributed by atoms with van der Waals surface area (Å²) in [5.74, 6) is 0. The molecule has 2 fully saturated rings. The van der Waals surface area contributed by atoms with E-state index in [4.69, 9.17) is 0 Å². The number of hydrogen-bond donors (Lipinski definition) is 0. The first-order valence-corrected chi connectivity index (χ1v) is 10.9. The summed E-state index contributed by atoms with van der Waals surface area (Å²) in [5, 5.41) is 8.61. The molecule has 4 rings (SSSR count). The molecule has 0 atom stereocenters. The van der Waals surface area contributed by atoms with Gasteiger partial charge in [0.2, 0.25) is 0 Å². The maximum Gasteiger partial charge on any atom is 4.00 e. The Bertz CT molecular complexity index is 579. The number of hydrogen-bond acceptors (Lipinski definition) is 0. The molecule has 2 aromatic carbocycles. The molecule has 2 aliphatic carbocycles. The zero-order valence-corrected chi connectivity index (χ0v) is 20.7. The fourth-order valence-electron chi connectivity index (χ4n) is 3.27. The van der Waals surface area contributed by atoms with Crippen LogP contribution in [0.4, 0.5) is 11.4 Å². The summed E-state index contributed by atoms with van der Waals surface area (Å²) in [6.45, 7) is 4.12. The first-order valence-electron chi connectivity index (χ1n) is 10.9. The van der Waals surface area contributed by atoms with E-state index in [0.717, 1.165) is 11.4 Å². The third-order valence-electron chi connectivity index (χ3n) is 5.08. The maximum absolute atomic E-state index is 4.31. The molecule has 0 amide bonds. The van der Waals surface area contributed by atoms with Gasteiger partial charge in [-0.15, -0.1) is 11.4 Å². The van der Waals surface area contributed by atoms with Crippen molar-refractivity contribution in [3.63, 3.8) is 0 Å². The first-order chi connectivity index (χ1) is 13.7. The van der Waals surface area contributed by atoms with Gasteiger partial charge in [-0.1, -0.05) is 124 Å². The van der Waals surface area contributed by atoms with Crippen LogP contribution in [-0.2, 0) is 26.2 Å². The van der Waals surface area contributed by atoms with Crippen molar-refractivity contribution >= 4 is 11.4 Å². The Hall–Kier alpha value is -1.34. The Labute approximate surface area is 197 Å². The first kappa shape index (κ1) is 25.7. The third kappa shape index (κ3) is 12.8. The molecule has 2 aliphatic rings. The molecule has 0 unspecified atom stereocenters. The summed E-state index contributed by atoms with van der Waals surface area (Å²) in [6, 6.07) is 16.1. The van der Waals surface area contributed by atoms with Crippen molar-refractivity contribution in [2.45, 2.75) is 78.1 Å². The van der Waals surface area contributed by atoms with Crippen LogP contribution in [0.5, 0.6) is 0 Å². The second-order valence-electron chi connectivity index (χ2n) is 7.76. The summed E-state index contributed by atoms with van der Waals surface area (Å²) in [5.41, 5.74) is 4.36. The quantitative estimate of drug-likeness (QED) is 0.428. The van der Waals surface area contributed by atoms with E-state index < -0.39 is 0 Å². The van der Waals surface area contributed by atoms with Gasteiger partial charge in [-0.2, -0.15) is 12.4 Å². The number of nitrogens with zero attached hydrogens (tertiary/aromatic N) is 2. The van der Waals surface area contributed by atoms with Crippen LogP contribution in [0.3, 0.4) is 0 Å². The summed E-state index contributed by atoms with van der Waals surface area (Å²) < 4.78 is 0. The number of aryl methyl sites for hydroxylation is 2. The SMILES string of the molecule is C1CCCC1.C1CCCC1.Cc1ccc([N-]/C=C\[N-]c2ccc(C)cc2)cc1.[Zr+4]. The maximum atomic E-state index is 4.31. The van der Waals surface area contributed by atoms with Crippen molar-refractivity contribution in [1.29, 1.82) is 0 Å². The molecular weight excluding hydrogens is 432 g/mol. The summed E-state index contributed by atoms with van der Waals surface area (Å²) >= 11 is 0. The molecule has 0 N–H and O–H groups in total. The second kappa shape index (κ2) is 16.5. The minimum absolute atomic E-state index is 0. The van der Waals surface area contributed by atoms with E-state index in [1.807, 2.05) is 48.5 Å². The van der Waals surface area contributed by atoms with Crippen LogP contribution in [0.25, 0.3) is 10.6 Å². The predicted molar refractivity (Wildman–Crippen MR) is 124 cm³/mol. The van der Waals surface area contributed by atoms with Crippen molar-refractivity contribution in [1.82, 2.24) is 0 Å². The van der Waals surface area contributed by atoms with Crippen LogP contribution in [0.15, 0.2) is 60.9 Å². The van der Waals surface area contributed by atoms with Crippen LogP contribution < -0.4 is 0 Å². The summed E-state index contributed by atoms with van der Waals surface area (Å²) in [6.07, 6.45) is 18.4. The van der Waals surface area contributed by atoms with Gasteiger partial charge in [0, 0.05) is 0 Å². The molecule has 0 radical (unpaired) electrons. The second-order valence-corrected chi connectivity index (χ2v) is 7.76. The van der Waals surface area contributed by atoms with Gasteiger partial charge in [0.15, 0.2) is 0 Å². The van der Waals surface area contributed by atoms with E-state index in [0.29, 0.717) is 0 Å². The van der Waals surface area contributed by atoms with Crippen molar-refractivity contribution < 1.29 is 26.2 Å². The normalized spacial score (nSPS) is 14.8. The fourth-order valence-corrected chi connectivity index (χ4v) is 3.27. The molecule has 0 spiro atoms. The van der Waals surface area contributed by atoms with Gasteiger partial charge in [-0.3, -0.25) is 0 Å². The topological polar surface area (TPSA) is 28.2 Å². The van der Waals surface area contributed by atoms with E-state index in [9.17, 15) is 0 Å². The molecule has 29 heavy (non-hydrogen) atoms. The van der Waals surface area contributed by atoms with E-state index in [2.05, 4.69) is 24.5 Å². The van der Waals surface area contributed by atoms with Gasteiger partial charge in [0.25, 0.3) is 0 Å². The zero-order valence-electron chi connectivity index (χ0n) is 18.2. The molecule has 0 aliphatic heterocycles. The van der Waals surface area contributed by atoms with Crippen molar-refractivity contribution in [3.05, 3.63) is 82.7 Å². The van der Waals surface area contributed by atoms with Crippen LogP contribution in [0.1, 0.15) is 75.3 Å². The van der Waals surface area contributed by atoms with Crippen molar-refractivity contribution in [2.75, 3.05) is 0 Å². The average molecular weight is 468 g/mol. The van der Waals surface area contributed by atoms with Gasteiger partial charge in [0.1, 0.15) is 0 Å². The number of benzene rings is 2. The Morgan fingerprint density at radius 1 is 0.483 bits per heavy atom. The minimum Gasteiger partial charge on any atom is -0.666 e. The fraction of sp³-hybridized carbons (Fsp3) is 0.462. The number of rotatable bonds is 4. The molecule has 152 valence electrons.